The molecular formula is C9H11O2P. The Bertz CT molecular complexity index is 306. The first-order chi connectivity index (χ1) is 5.73. The van der Waals surface area contributed by atoms with Crippen molar-refractivity contribution in [3.05, 3.63) is 42.7 Å². The molecule has 0 N–H and O–H groups in total. The summed E-state index contributed by atoms with van der Waals surface area (Å²) in [4.78, 5) is 0. The van der Waals surface area contributed by atoms with Gasteiger partial charge in [0, 0.05) is 12.4 Å². The molecule has 0 spiro atoms. The topological polar surface area (TPSA) is 26.3 Å². The van der Waals surface area contributed by atoms with E-state index in [1.165, 1.54) is 12.9 Å². The lowest BCUT2D eigenvalue weighted by atomic mass is 10.4. The highest BCUT2D eigenvalue weighted by Gasteiger charge is 2.18. The van der Waals surface area contributed by atoms with E-state index in [1.54, 1.807) is 12.1 Å². The third-order valence-corrected chi connectivity index (χ3v) is 3.67. The van der Waals surface area contributed by atoms with Crippen LogP contribution in [0.25, 0.3) is 0 Å². The fourth-order valence-electron chi connectivity index (χ4n) is 0.921. The maximum Gasteiger partial charge on any atom is 0.253 e. The second kappa shape index (κ2) is 3.70. The Kier molecular flexibility index (Phi) is 2.85. The van der Waals surface area contributed by atoms with Crippen LogP contribution in [0.1, 0.15) is 0 Å². The van der Waals surface area contributed by atoms with Crippen LogP contribution in [0.4, 0.5) is 0 Å². The van der Waals surface area contributed by atoms with E-state index in [9.17, 15) is 4.57 Å². The maximum absolute atomic E-state index is 11.8. The Labute approximate surface area is 72.3 Å². The molecule has 0 aromatic heterocycles. The number of benzene rings is 1. The van der Waals surface area contributed by atoms with Gasteiger partial charge in [-0.3, -0.25) is 4.57 Å². The Morgan fingerprint density at radius 2 is 2.00 bits per heavy atom. The van der Waals surface area contributed by atoms with Gasteiger partial charge in [0.05, 0.1) is 0 Å². The molecule has 1 atom stereocenters. The minimum absolute atomic E-state index is 0.683. The van der Waals surface area contributed by atoms with E-state index < -0.39 is 7.37 Å². The van der Waals surface area contributed by atoms with E-state index in [2.05, 4.69) is 6.58 Å². The van der Waals surface area contributed by atoms with Crippen LogP contribution in [-0.2, 0) is 9.09 Å². The lowest BCUT2D eigenvalue weighted by molar-refractivity contribution is 0.411. The molecule has 0 heterocycles. The Balaban J connectivity index is 3.12. The average molecular weight is 182 g/mol. The van der Waals surface area contributed by atoms with E-state index in [0.29, 0.717) is 5.30 Å². The first-order valence-corrected chi connectivity index (χ1v) is 5.27. The molecule has 0 fully saturated rings. The molecule has 12 heavy (non-hydrogen) atoms. The normalized spacial score (nSPS) is 15.1. The molecule has 0 aliphatic heterocycles. The molecule has 0 aliphatic carbocycles. The van der Waals surface area contributed by atoms with E-state index >= 15 is 0 Å². The van der Waals surface area contributed by atoms with Crippen molar-refractivity contribution < 1.29 is 9.09 Å². The van der Waals surface area contributed by atoms with E-state index in [-0.39, 0.29) is 0 Å². The Morgan fingerprint density at radius 1 is 1.42 bits per heavy atom. The summed E-state index contributed by atoms with van der Waals surface area (Å²) in [6.45, 7) is 3.49. The summed E-state index contributed by atoms with van der Waals surface area (Å²) < 4.78 is 16.7. The second-order valence-corrected chi connectivity index (χ2v) is 4.74. The van der Waals surface area contributed by atoms with Crippen molar-refractivity contribution in [1.82, 2.24) is 0 Å². The zero-order chi connectivity index (χ0) is 9.03. The highest BCUT2D eigenvalue weighted by Crippen LogP contribution is 2.45. The van der Waals surface area contributed by atoms with Gasteiger partial charge in [-0.05, 0) is 17.9 Å². The summed E-state index contributed by atoms with van der Waals surface area (Å²) in [6.07, 6.45) is 0. The smallest absolute Gasteiger partial charge is 0.253 e. The van der Waals surface area contributed by atoms with Gasteiger partial charge in [0.15, 0.2) is 0 Å². The largest absolute Gasteiger partial charge is 0.326 e. The fraction of sp³-hybridized carbons (Fsp3) is 0.111. The quantitative estimate of drug-likeness (QED) is 0.671. The van der Waals surface area contributed by atoms with Crippen LogP contribution in [-0.4, -0.2) is 7.11 Å². The first-order valence-electron chi connectivity index (χ1n) is 3.57. The van der Waals surface area contributed by atoms with Crippen molar-refractivity contribution in [3.8, 4) is 0 Å². The van der Waals surface area contributed by atoms with Gasteiger partial charge in [-0.2, -0.15) is 0 Å². The zero-order valence-corrected chi connectivity index (χ0v) is 7.83. The van der Waals surface area contributed by atoms with Crippen molar-refractivity contribution in [1.29, 1.82) is 0 Å². The van der Waals surface area contributed by atoms with Crippen molar-refractivity contribution in [2.45, 2.75) is 0 Å². The first kappa shape index (κ1) is 9.24. The van der Waals surface area contributed by atoms with Crippen LogP contribution in [0, 0.1) is 0 Å². The highest BCUT2D eigenvalue weighted by atomic mass is 31.2. The van der Waals surface area contributed by atoms with E-state index in [4.69, 9.17) is 4.52 Å². The van der Waals surface area contributed by atoms with Crippen LogP contribution in [0.2, 0.25) is 0 Å². The fourth-order valence-corrected chi connectivity index (χ4v) is 2.08. The molecule has 3 heteroatoms. The summed E-state index contributed by atoms with van der Waals surface area (Å²) in [5, 5.41) is 0.683. The van der Waals surface area contributed by atoms with Gasteiger partial charge in [0.2, 0.25) is 0 Å². The van der Waals surface area contributed by atoms with Crippen LogP contribution < -0.4 is 5.30 Å². The van der Waals surface area contributed by atoms with Crippen LogP contribution >= 0.6 is 7.37 Å². The minimum atomic E-state index is -2.77. The highest BCUT2D eigenvalue weighted by molar-refractivity contribution is 7.69. The van der Waals surface area contributed by atoms with Crippen molar-refractivity contribution >= 4 is 12.7 Å². The summed E-state index contributed by atoms with van der Waals surface area (Å²) in [7, 11) is -1.34. The van der Waals surface area contributed by atoms with Crippen LogP contribution in [0.3, 0.4) is 0 Å². The number of hydrogen-bond acceptors (Lipinski definition) is 2. The molecule has 0 saturated carbocycles. The zero-order valence-electron chi connectivity index (χ0n) is 6.93. The standard InChI is InChI=1S/C9H11O2P/c1-3-12(10,11-2)9-7-5-4-6-8-9/h3-8H,1H2,2H3. The SMILES string of the molecule is C=CP(=O)(OC)c1ccccc1. The van der Waals surface area contributed by atoms with Gasteiger partial charge in [0.1, 0.15) is 0 Å². The predicted octanol–water partition coefficient (Wildman–Crippen LogP) is 2.38. The van der Waals surface area contributed by atoms with Gasteiger partial charge in [-0.1, -0.05) is 24.8 Å². The molecule has 0 radical (unpaired) electrons. The molecule has 1 aromatic carbocycles. The molecule has 1 rings (SSSR count). The van der Waals surface area contributed by atoms with Gasteiger partial charge >= 0.3 is 0 Å². The number of rotatable bonds is 3. The molecule has 1 aromatic rings. The molecule has 1 unspecified atom stereocenters. The number of hydrogen-bond donors (Lipinski definition) is 0. The Hall–Kier alpha value is -0.850. The molecule has 0 amide bonds. The van der Waals surface area contributed by atoms with Gasteiger partial charge in [-0.25, -0.2) is 0 Å². The summed E-state index contributed by atoms with van der Waals surface area (Å²) in [5.74, 6) is 1.36. The van der Waals surface area contributed by atoms with Crippen molar-refractivity contribution in [2.75, 3.05) is 7.11 Å². The molecule has 0 bridgehead atoms. The van der Waals surface area contributed by atoms with Crippen molar-refractivity contribution in [2.24, 2.45) is 0 Å². The maximum atomic E-state index is 11.8. The van der Waals surface area contributed by atoms with Gasteiger partial charge in [-0.15, -0.1) is 0 Å². The summed E-state index contributed by atoms with van der Waals surface area (Å²) in [6, 6.07) is 9.06. The summed E-state index contributed by atoms with van der Waals surface area (Å²) >= 11 is 0. The van der Waals surface area contributed by atoms with E-state index in [0.717, 1.165) is 0 Å². The average Bonchev–Trinajstić information content (AvgIpc) is 2.18. The van der Waals surface area contributed by atoms with Gasteiger partial charge in [0.25, 0.3) is 7.37 Å². The second-order valence-electron chi connectivity index (χ2n) is 2.30. The summed E-state index contributed by atoms with van der Waals surface area (Å²) in [5.41, 5.74) is 0. The third kappa shape index (κ3) is 1.66. The Morgan fingerprint density at radius 3 is 2.42 bits per heavy atom. The van der Waals surface area contributed by atoms with Crippen LogP contribution in [0.15, 0.2) is 42.7 Å². The lowest BCUT2D eigenvalue weighted by Gasteiger charge is -2.10. The molecule has 2 nitrogen and oxygen atoms in total. The molecule has 0 saturated heterocycles. The van der Waals surface area contributed by atoms with Crippen molar-refractivity contribution in [3.63, 3.8) is 0 Å². The third-order valence-electron chi connectivity index (χ3n) is 1.63. The van der Waals surface area contributed by atoms with Crippen LogP contribution in [0.5, 0.6) is 0 Å². The molecule has 0 aliphatic rings. The monoisotopic (exact) mass is 182 g/mol. The lowest BCUT2D eigenvalue weighted by Crippen LogP contribution is -2.02. The minimum Gasteiger partial charge on any atom is -0.326 e. The molecule has 64 valence electrons. The van der Waals surface area contributed by atoms with E-state index in [1.807, 2.05) is 18.2 Å². The molecular weight excluding hydrogens is 171 g/mol. The van der Waals surface area contributed by atoms with Gasteiger partial charge < -0.3 is 4.52 Å². The predicted molar refractivity (Wildman–Crippen MR) is 50.9 cm³/mol.